The SMILES string of the molecule is CCN(CC(=O)Nc1cccc(OC)c1)CC(=O)NC(c1ccccc1)C(C)C. The molecule has 6 heteroatoms. The Morgan fingerprint density at radius 1 is 1.00 bits per heavy atom. The van der Waals surface area contributed by atoms with E-state index in [4.69, 9.17) is 4.74 Å². The molecule has 0 fully saturated rings. The fourth-order valence-electron chi connectivity index (χ4n) is 3.10. The van der Waals surface area contributed by atoms with Crippen LogP contribution in [0.15, 0.2) is 54.6 Å². The number of carbonyl (C=O) groups is 2. The van der Waals surface area contributed by atoms with Crippen LogP contribution in [0.2, 0.25) is 0 Å². The van der Waals surface area contributed by atoms with Crippen molar-refractivity contribution in [1.29, 1.82) is 0 Å². The quantitative estimate of drug-likeness (QED) is 0.644. The van der Waals surface area contributed by atoms with Crippen molar-refractivity contribution in [3.05, 3.63) is 60.2 Å². The molecule has 2 aromatic carbocycles. The Morgan fingerprint density at radius 2 is 1.69 bits per heavy atom. The van der Waals surface area contributed by atoms with Crippen molar-refractivity contribution in [2.45, 2.75) is 26.8 Å². The van der Waals surface area contributed by atoms with Gasteiger partial charge in [-0.05, 0) is 30.2 Å². The van der Waals surface area contributed by atoms with Crippen molar-refractivity contribution < 1.29 is 14.3 Å². The summed E-state index contributed by atoms with van der Waals surface area (Å²) in [5.41, 5.74) is 1.74. The Balaban J connectivity index is 1.92. The van der Waals surface area contributed by atoms with E-state index in [9.17, 15) is 9.59 Å². The third-order valence-corrected chi connectivity index (χ3v) is 4.68. The summed E-state index contributed by atoms with van der Waals surface area (Å²) >= 11 is 0. The molecule has 0 aliphatic heterocycles. The summed E-state index contributed by atoms with van der Waals surface area (Å²) in [4.78, 5) is 26.8. The first kappa shape index (κ1) is 22.4. The second-order valence-corrected chi connectivity index (χ2v) is 7.28. The third kappa shape index (κ3) is 7.23. The lowest BCUT2D eigenvalue weighted by molar-refractivity contribution is -0.124. The standard InChI is InChI=1S/C23H31N3O3/c1-5-26(15-21(27)24-19-12-9-13-20(14-19)29-4)16-22(28)25-23(17(2)3)18-10-7-6-8-11-18/h6-14,17,23H,5,15-16H2,1-4H3,(H,24,27)(H,25,28). The van der Waals surface area contributed by atoms with Crippen LogP contribution < -0.4 is 15.4 Å². The minimum atomic E-state index is -0.170. The molecule has 0 spiro atoms. The van der Waals surface area contributed by atoms with Crippen molar-refractivity contribution in [1.82, 2.24) is 10.2 Å². The molecule has 0 aliphatic rings. The fourth-order valence-corrected chi connectivity index (χ4v) is 3.10. The first-order chi connectivity index (χ1) is 13.9. The van der Waals surface area contributed by atoms with Gasteiger partial charge in [-0.15, -0.1) is 0 Å². The molecule has 0 aliphatic carbocycles. The van der Waals surface area contributed by atoms with Crippen molar-refractivity contribution in [2.24, 2.45) is 5.92 Å². The number of anilines is 1. The Labute approximate surface area is 173 Å². The number of amides is 2. The van der Waals surface area contributed by atoms with Crippen LogP contribution in [-0.4, -0.2) is 43.5 Å². The molecule has 2 rings (SSSR count). The predicted octanol–water partition coefficient (Wildman–Crippen LogP) is 3.47. The van der Waals surface area contributed by atoms with E-state index in [0.717, 1.165) is 5.56 Å². The lowest BCUT2D eigenvalue weighted by Gasteiger charge is -2.25. The summed E-state index contributed by atoms with van der Waals surface area (Å²) in [6, 6.07) is 17.1. The van der Waals surface area contributed by atoms with Crippen LogP contribution in [-0.2, 0) is 9.59 Å². The minimum absolute atomic E-state index is 0.0620. The summed E-state index contributed by atoms with van der Waals surface area (Å²) in [5.74, 6) is 0.669. The van der Waals surface area contributed by atoms with Crippen molar-refractivity contribution in [3.63, 3.8) is 0 Å². The average Bonchev–Trinajstić information content (AvgIpc) is 2.72. The fraction of sp³-hybridized carbons (Fsp3) is 0.391. The summed E-state index contributed by atoms with van der Waals surface area (Å²) in [6.45, 7) is 6.99. The molecule has 1 unspecified atom stereocenters. The van der Waals surface area contributed by atoms with Crippen LogP contribution in [0.5, 0.6) is 5.75 Å². The Hall–Kier alpha value is -2.86. The predicted molar refractivity (Wildman–Crippen MR) is 116 cm³/mol. The minimum Gasteiger partial charge on any atom is -0.497 e. The van der Waals surface area contributed by atoms with Gasteiger partial charge in [0.05, 0.1) is 26.2 Å². The molecule has 2 N–H and O–H groups in total. The van der Waals surface area contributed by atoms with Crippen LogP contribution in [0.25, 0.3) is 0 Å². The highest BCUT2D eigenvalue weighted by atomic mass is 16.5. The molecule has 0 saturated carbocycles. The van der Waals surface area contributed by atoms with E-state index in [0.29, 0.717) is 18.0 Å². The van der Waals surface area contributed by atoms with Gasteiger partial charge in [-0.2, -0.15) is 0 Å². The second-order valence-electron chi connectivity index (χ2n) is 7.28. The number of methoxy groups -OCH3 is 1. The summed E-state index contributed by atoms with van der Waals surface area (Å²) in [5, 5.41) is 5.95. The topological polar surface area (TPSA) is 70.7 Å². The van der Waals surface area contributed by atoms with Gasteiger partial charge in [0, 0.05) is 11.8 Å². The van der Waals surface area contributed by atoms with Gasteiger partial charge in [0.2, 0.25) is 11.8 Å². The van der Waals surface area contributed by atoms with E-state index >= 15 is 0 Å². The van der Waals surface area contributed by atoms with Crippen molar-refractivity contribution in [2.75, 3.05) is 32.1 Å². The molecule has 29 heavy (non-hydrogen) atoms. The number of carbonyl (C=O) groups excluding carboxylic acids is 2. The molecular formula is C23H31N3O3. The highest BCUT2D eigenvalue weighted by Gasteiger charge is 2.20. The van der Waals surface area contributed by atoms with E-state index in [1.165, 1.54) is 0 Å². The molecule has 6 nitrogen and oxygen atoms in total. The van der Waals surface area contributed by atoms with Crippen LogP contribution in [0, 0.1) is 5.92 Å². The number of hydrogen-bond acceptors (Lipinski definition) is 4. The highest BCUT2D eigenvalue weighted by molar-refractivity contribution is 5.92. The monoisotopic (exact) mass is 397 g/mol. The zero-order chi connectivity index (χ0) is 21.2. The maximum absolute atomic E-state index is 12.6. The third-order valence-electron chi connectivity index (χ3n) is 4.68. The van der Waals surface area contributed by atoms with E-state index in [2.05, 4.69) is 24.5 Å². The first-order valence-corrected chi connectivity index (χ1v) is 9.93. The zero-order valence-corrected chi connectivity index (χ0v) is 17.6. The smallest absolute Gasteiger partial charge is 0.238 e. The van der Waals surface area contributed by atoms with E-state index < -0.39 is 0 Å². The molecule has 0 bridgehead atoms. The van der Waals surface area contributed by atoms with E-state index in [-0.39, 0.29) is 36.9 Å². The van der Waals surface area contributed by atoms with E-state index in [1.807, 2.05) is 54.3 Å². The Bertz CT molecular complexity index is 793. The normalized spacial score (nSPS) is 11.9. The van der Waals surface area contributed by atoms with Crippen LogP contribution in [0.3, 0.4) is 0 Å². The maximum atomic E-state index is 12.6. The summed E-state index contributed by atoms with van der Waals surface area (Å²) in [7, 11) is 1.58. The van der Waals surface area contributed by atoms with Gasteiger partial charge in [0.1, 0.15) is 5.75 Å². The van der Waals surface area contributed by atoms with Crippen molar-refractivity contribution >= 4 is 17.5 Å². The summed E-state index contributed by atoms with van der Waals surface area (Å²) in [6.07, 6.45) is 0. The molecule has 0 aromatic heterocycles. The van der Waals surface area contributed by atoms with Gasteiger partial charge in [-0.1, -0.05) is 57.2 Å². The van der Waals surface area contributed by atoms with Gasteiger partial charge in [-0.3, -0.25) is 14.5 Å². The summed E-state index contributed by atoms with van der Waals surface area (Å²) < 4.78 is 5.17. The molecule has 1 atom stereocenters. The molecule has 2 amide bonds. The molecule has 156 valence electrons. The maximum Gasteiger partial charge on any atom is 0.238 e. The molecular weight excluding hydrogens is 366 g/mol. The largest absolute Gasteiger partial charge is 0.497 e. The average molecular weight is 398 g/mol. The molecule has 0 heterocycles. The molecule has 2 aromatic rings. The van der Waals surface area contributed by atoms with Crippen LogP contribution in [0.1, 0.15) is 32.4 Å². The second kappa shape index (κ2) is 11.2. The number of nitrogens with one attached hydrogen (secondary N) is 2. The molecule has 0 saturated heterocycles. The number of likely N-dealkylation sites (N-methyl/N-ethyl adjacent to an activating group) is 1. The van der Waals surface area contributed by atoms with Gasteiger partial charge in [0.15, 0.2) is 0 Å². The Kier molecular flexibility index (Phi) is 8.68. The first-order valence-electron chi connectivity index (χ1n) is 9.93. The van der Waals surface area contributed by atoms with Gasteiger partial charge >= 0.3 is 0 Å². The number of ether oxygens (including phenoxy) is 1. The van der Waals surface area contributed by atoms with Crippen molar-refractivity contribution in [3.8, 4) is 5.75 Å². The van der Waals surface area contributed by atoms with Gasteiger partial charge in [0.25, 0.3) is 0 Å². The van der Waals surface area contributed by atoms with Gasteiger partial charge < -0.3 is 15.4 Å². The van der Waals surface area contributed by atoms with Crippen LogP contribution in [0.4, 0.5) is 5.69 Å². The highest BCUT2D eigenvalue weighted by Crippen LogP contribution is 2.21. The zero-order valence-electron chi connectivity index (χ0n) is 17.6. The number of benzene rings is 2. The number of nitrogens with zero attached hydrogens (tertiary/aromatic N) is 1. The van der Waals surface area contributed by atoms with Crippen LogP contribution >= 0.6 is 0 Å². The lowest BCUT2D eigenvalue weighted by atomic mass is 9.96. The van der Waals surface area contributed by atoms with E-state index in [1.54, 1.807) is 19.2 Å². The number of hydrogen-bond donors (Lipinski definition) is 2. The lowest BCUT2D eigenvalue weighted by Crippen LogP contribution is -2.42. The van der Waals surface area contributed by atoms with Gasteiger partial charge in [-0.25, -0.2) is 0 Å². The molecule has 0 radical (unpaired) electrons. The Morgan fingerprint density at radius 3 is 2.31 bits per heavy atom. The number of rotatable bonds is 10.